The quantitative estimate of drug-likeness (QED) is 0.398. The highest BCUT2D eigenvalue weighted by atomic mass is 35.5. The Balaban J connectivity index is 2.33. The summed E-state index contributed by atoms with van der Waals surface area (Å²) in [5.74, 6) is 0.0987. The minimum absolute atomic E-state index is 0.0801. The molecule has 1 rings (SSSR count). The topological polar surface area (TPSA) is 88.7 Å². The molecule has 0 aliphatic rings. The maximum Gasteiger partial charge on any atom is 0.252 e. The van der Waals surface area contributed by atoms with E-state index >= 15 is 0 Å². The normalized spacial score (nSPS) is 12.8. The van der Waals surface area contributed by atoms with Crippen molar-refractivity contribution in [2.75, 3.05) is 26.8 Å². The lowest BCUT2D eigenvalue weighted by atomic mass is 10.2. The predicted octanol–water partition coefficient (Wildman–Crippen LogP) is 1.01. The van der Waals surface area contributed by atoms with Crippen molar-refractivity contribution < 1.29 is 9.53 Å². The molecule has 6 nitrogen and oxygen atoms in total. The van der Waals surface area contributed by atoms with E-state index in [2.05, 4.69) is 15.6 Å². The van der Waals surface area contributed by atoms with E-state index in [0.717, 1.165) is 0 Å². The predicted molar refractivity (Wildman–Crippen MR) is 84.7 cm³/mol. The first kappa shape index (κ1) is 17.3. The first-order valence-corrected chi connectivity index (χ1v) is 7.00. The van der Waals surface area contributed by atoms with Crippen molar-refractivity contribution in [2.24, 2.45) is 10.7 Å². The Morgan fingerprint density at radius 1 is 1.48 bits per heavy atom. The van der Waals surface area contributed by atoms with Crippen molar-refractivity contribution in [3.63, 3.8) is 0 Å². The van der Waals surface area contributed by atoms with E-state index < -0.39 is 0 Å². The maximum atomic E-state index is 11.9. The van der Waals surface area contributed by atoms with Crippen LogP contribution in [0, 0.1) is 0 Å². The van der Waals surface area contributed by atoms with Crippen LogP contribution in [0.4, 0.5) is 0 Å². The number of aliphatic imine (C=N–C) groups is 1. The molecule has 1 aromatic rings. The average Bonchev–Trinajstić information content (AvgIpc) is 2.44. The van der Waals surface area contributed by atoms with Crippen LogP contribution in [0.1, 0.15) is 17.3 Å². The van der Waals surface area contributed by atoms with Gasteiger partial charge in [0, 0.05) is 19.7 Å². The van der Waals surface area contributed by atoms with E-state index in [1.54, 1.807) is 31.4 Å². The van der Waals surface area contributed by atoms with Gasteiger partial charge in [-0.05, 0) is 19.1 Å². The number of nitrogens with two attached hydrogens (primary N) is 1. The highest BCUT2D eigenvalue weighted by Crippen LogP contribution is 2.14. The van der Waals surface area contributed by atoms with Gasteiger partial charge in [0.05, 0.1) is 23.7 Å². The van der Waals surface area contributed by atoms with Crippen LogP contribution in [0.25, 0.3) is 0 Å². The zero-order chi connectivity index (χ0) is 15.7. The Labute approximate surface area is 129 Å². The van der Waals surface area contributed by atoms with Crippen molar-refractivity contribution in [1.82, 2.24) is 10.6 Å². The van der Waals surface area contributed by atoms with E-state index in [0.29, 0.717) is 36.2 Å². The number of methoxy groups -OCH3 is 1. The number of carbonyl (C=O) groups is 1. The van der Waals surface area contributed by atoms with Gasteiger partial charge in [-0.25, -0.2) is 0 Å². The second-order valence-corrected chi connectivity index (χ2v) is 4.91. The first-order chi connectivity index (χ1) is 10.0. The van der Waals surface area contributed by atoms with E-state index in [1.165, 1.54) is 0 Å². The van der Waals surface area contributed by atoms with E-state index in [-0.39, 0.29) is 11.9 Å². The molecule has 21 heavy (non-hydrogen) atoms. The van der Waals surface area contributed by atoms with Crippen LogP contribution >= 0.6 is 11.6 Å². The number of nitrogens with one attached hydrogen (secondary N) is 2. The molecule has 0 aromatic heterocycles. The van der Waals surface area contributed by atoms with Crippen LogP contribution in [0.5, 0.6) is 0 Å². The number of hydrogen-bond donors (Lipinski definition) is 3. The summed E-state index contributed by atoms with van der Waals surface area (Å²) in [5.41, 5.74) is 6.15. The van der Waals surface area contributed by atoms with Gasteiger partial charge in [0.25, 0.3) is 5.91 Å². The number of carbonyl (C=O) groups excluding carboxylic acids is 1. The molecular formula is C14H21ClN4O2. The molecule has 0 saturated carbocycles. The van der Waals surface area contributed by atoms with Crippen molar-refractivity contribution >= 4 is 23.5 Å². The summed E-state index contributed by atoms with van der Waals surface area (Å²) in [4.78, 5) is 16.0. The minimum Gasteiger partial charge on any atom is -0.383 e. The van der Waals surface area contributed by atoms with Crippen molar-refractivity contribution in [3.8, 4) is 0 Å². The Hall–Kier alpha value is -1.79. The summed E-state index contributed by atoms with van der Waals surface area (Å²) < 4.78 is 4.98. The third-order valence-corrected chi connectivity index (χ3v) is 2.94. The molecule has 0 heterocycles. The Morgan fingerprint density at radius 2 is 2.19 bits per heavy atom. The highest BCUT2D eigenvalue weighted by Gasteiger charge is 2.08. The van der Waals surface area contributed by atoms with E-state index in [1.807, 2.05) is 6.92 Å². The van der Waals surface area contributed by atoms with Gasteiger partial charge in [-0.15, -0.1) is 0 Å². The maximum absolute atomic E-state index is 11.9. The molecule has 4 N–H and O–H groups in total. The van der Waals surface area contributed by atoms with Crippen LogP contribution in [-0.4, -0.2) is 44.7 Å². The molecule has 0 spiro atoms. The van der Waals surface area contributed by atoms with Crippen LogP contribution in [0.15, 0.2) is 29.3 Å². The third-order valence-electron chi connectivity index (χ3n) is 2.61. The lowest BCUT2D eigenvalue weighted by Crippen LogP contribution is -2.41. The molecular weight excluding hydrogens is 292 g/mol. The molecule has 1 unspecified atom stereocenters. The fraction of sp³-hybridized carbons (Fsp3) is 0.429. The fourth-order valence-electron chi connectivity index (χ4n) is 1.68. The zero-order valence-electron chi connectivity index (χ0n) is 12.2. The number of benzene rings is 1. The van der Waals surface area contributed by atoms with Gasteiger partial charge in [0.2, 0.25) is 0 Å². The molecule has 0 aliphatic heterocycles. The standard InChI is InChI=1S/C14H21ClN4O2/c1-10(9-21-2)19-14(16)18-8-7-17-13(20)11-5-3-4-6-12(11)15/h3-6,10H,7-9H2,1-2H3,(H,17,20)(H3,16,18,19). The Bertz CT molecular complexity index is 494. The number of guanidine groups is 1. The Morgan fingerprint density at radius 3 is 2.86 bits per heavy atom. The van der Waals surface area contributed by atoms with Crippen molar-refractivity contribution in [1.29, 1.82) is 0 Å². The van der Waals surface area contributed by atoms with Crippen molar-refractivity contribution in [2.45, 2.75) is 13.0 Å². The summed E-state index contributed by atoms with van der Waals surface area (Å²) in [6.07, 6.45) is 0. The van der Waals surface area contributed by atoms with Gasteiger partial charge < -0.3 is 21.1 Å². The lowest BCUT2D eigenvalue weighted by Gasteiger charge is -2.13. The van der Waals surface area contributed by atoms with E-state index in [4.69, 9.17) is 22.1 Å². The minimum atomic E-state index is -0.227. The van der Waals surface area contributed by atoms with Gasteiger partial charge in [-0.1, -0.05) is 23.7 Å². The highest BCUT2D eigenvalue weighted by molar-refractivity contribution is 6.33. The third kappa shape index (κ3) is 6.46. The lowest BCUT2D eigenvalue weighted by molar-refractivity contribution is 0.0955. The number of nitrogens with zero attached hydrogens (tertiary/aromatic N) is 1. The van der Waals surface area contributed by atoms with Crippen LogP contribution < -0.4 is 16.4 Å². The fourth-order valence-corrected chi connectivity index (χ4v) is 1.90. The summed E-state index contributed by atoms with van der Waals surface area (Å²) in [6, 6.07) is 6.96. The number of halogens is 1. The van der Waals surface area contributed by atoms with Gasteiger partial charge in [-0.3, -0.25) is 9.79 Å². The zero-order valence-corrected chi connectivity index (χ0v) is 13.0. The van der Waals surface area contributed by atoms with Gasteiger partial charge in [0.1, 0.15) is 0 Å². The molecule has 7 heteroatoms. The molecule has 1 aromatic carbocycles. The molecule has 1 amide bonds. The second kappa shape index (κ2) is 9.20. The molecule has 0 aliphatic carbocycles. The average molecular weight is 313 g/mol. The van der Waals surface area contributed by atoms with Gasteiger partial charge >= 0.3 is 0 Å². The number of hydrogen-bond acceptors (Lipinski definition) is 3. The Kier molecular flexibility index (Phi) is 7.56. The molecule has 1 atom stereocenters. The number of rotatable bonds is 7. The smallest absolute Gasteiger partial charge is 0.252 e. The van der Waals surface area contributed by atoms with Gasteiger partial charge in [0.15, 0.2) is 5.96 Å². The monoisotopic (exact) mass is 312 g/mol. The summed E-state index contributed by atoms with van der Waals surface area (Å²) >= 11 is 5.94. The first-order valence-electron chi connectivity index (χ1n) is 6.62. The molecule has 0 saturated heterocycles. The van der Waals surface area contributed by atoms with Crippen LogP contribution in [0.2, 0.25) is 5.02 Å². The number of ether oxygens (including phenoxy) is 1. The van der Waals surface area contributed by atoms with Crippen LogP contribution in [-0.2, 0) is 4.74 Å². The summed E-state index contributed by atoms with van der Waals surface area (Å²) in [7, 11) is 1.62. The van der Waals surface area contributed by atoms with Gasteiger partial charge in [-0.2, -0.15) is 0 Å². The second-order valence-electron chi connectivity index (χ2n) is 4.50. The number of amides is 1. The van der Waals surface area contributed by atoms with Crippen LogP contribution in [0.3, 0.4) is 0 Å². The van der Waals surface area contributed by atoms with E-state index in [9.17, 15) is 4.79 Å². The van der Waals surface area contributed by atoms with Crippen molar-refractivity contribution in [3.05, 3.63) is 34.9 Å². The summed E-state index contributed by atoms with van der Waals surface area (Å²) in [6.45, 7) is 3.24. The SMILES string of the molecule is COCC(C)NC(N)=NCCNC(=O)c1ccccc1Cl. The molecule has 0 fully saturated rings. The summed E-state index contributed by atoms with van der Waals surface area (Å²) in [5, 5.41) is 6.14. The largest absolute Gasteiger partial charge is 0.383 e. The molecule has 0 bridgehead atoms. The molecule has 0 radical (unpaired) electrons. The molecule has 116 valence electrons.